The van der Waals surface area contributed by atoms with Crippen LogP contribution in [-0.2, 0) is 24.8 Å². The van der Waals surface area contributed by atoms with Gasteiger partial charge in [-0.15, -0.1) is 0 Å². The fourth-order valence-electron chi connectivity index (χ4n) is 5.19. The van der Waals surface area contributed by atoms with Gasteiger partial charge in [0.2, 0.25) is 5.91 Å². The summed E-state index contributed by atoms with van der Waals surface area (Å²) in [4.78, 5) is 31.5. The van der Waals surface area contributed by atoms with E-state index in [9.17, 15) is 45.1 Å². The van der Waals surface area contributed by atoms with Crippen molar-refractivity contribution in [2.24, 2.45) is 0 Å². The number of benzene rings is 1. The Morgan fingerprint density at radius 1 is 1.26 bits per heavy atom. The van der Waals surface area contributed by atoms with Crippen molar-refractivity contribution in [1.29, 1.82) is 0 Å². The first kappa shape index (κ1) is 33.3. The number of likely N-dealkylation sites (tertiary alicyclic amines) is 2. The molecule has 2 aliphatic rings. The van der Waals surface area contributed by atoms with Crippen molar-refractivity contribution in [3.8, 4) is 5.75 Å². The number of hydrogen-bond donors (Lipinski definition) is 1. The zero-order valence-electron chi connectivity index (χ0n) is 22.0. The van der Waals surface area contributed by atoms with Crippen LogP contribution >= 0.6 is 27.5 Å². The molecule has 2 saturated heterocycles. The largest absolute Gasteiger partial charge is 0.481 e. The van der Waals surface area contributed by atoms with Crippen LogP contribution in [0.2, 0.25) is 5.02 Å². The topological polar surface area (TPSA) is 117 Å². The maximum absolute atomic E-state index is 15.0. The maximum atomic E-state index is 15.0. The van der Waals surface area contributed by atoms with Crippen molar-refractivity contribution in [2.75, 3.05) is 26.2 Å². The number of alkyl halides is 5. The molecule has 2 aromatic rings. The van der Waals surface area contributed by atoms with Gasteiger partial charge in [-0.05, 0) is 47.5 Å². The minimum atomic E-state index is -4.70. The van der Waals surface area contributed by atoms with Crippen molar-refractivity contribution in [1.82, 2.24) is 14.8 Å². The lowest BCUT2D eigenvalue weighted by Gasteiger charge is -2.50. The third kappa shape index (κ3) is 6.59. The number of ether oxygens (including phenoxy) is 1. The van der Waals surface area contributed by atoms with Crippen LogP contribution in [0.3, 0.4) is 0 Å². The van der Waals surface area contributed by atoms with Crippen LogP contribution in [-0.4, -0.2) is 96.4 Å². The zero-order chi connectivity index (χ0) is 32.1. The first-order valence-electron chi connectivity index (χ1n) is 12.5. The summed E-state index contributed by atoms with van der Waals surface area (Å²) in [7, 11) is -4.49. The Balaban J connectivity index is 1.65. The monoisotopic (exact) mass is 721 g/mol. The number of nitrogens with zero attached hydrogens (tertiary/aromatic N) is 3. The molecule has 1 aromatic carbocycles. The minimum absolute atomic E-state index is 0.219. The summed E-state index contributed by atoms with van der Waals surface area (Å²) in [5, 5.41) is 7.86. The van der Waals surface area contributed by atoms with Gasteiger partial charge in [-0.3, -0.25) is 14.7 Å². The summed E-state index contributed by atoms with van der Waals surface area (Å²) >= 11 is 9.14. The van der Waals surface area contributed by atoms with Crippen molar-refractivity contribution < 1.29 is 54.2 Å². The molecular weight excluding hydrogens is 700 g/mol. The van der Waals surface area contributed by atoms with E-state index < -0.39 is 111 Å². The van der Waals surface area contributed by atoms with Crippen molar-refractivity contribution in [3.63, 3.8) is 0 Å². The quantitative estimate of drug-likeness (QED) is 0.381. The molecule has 2 aliphatic heterocycles. The summed E-state index contributed by atoms with van der Waals surface area (Å²) in [6.07, 6.45) is -9.12. The Kier molecular flexibility index (Phi) is 9.32. The summed E-state index contributed by atoms with van der Waals surface area (Å²) in [5.41, 5.74) is -2.29. The molecule has 1 amide bonds. The Morgan fingerprint density at radius 3 is 2.44 bits per heavy atom. The van der Waals surface area contributed by atoms with Gasteiger partial charge in [0.15, 0.2) is 15.9 Å². The van der Waals surface area contributed by atoms with Crippen LogP contribution in [0.4, 0.5) is 26.3 Å². The Bertz CT molecular complexity index is 1530. The number of carbonyl (C=O) groups is 2. The molecule has 18 heteroatoms. The highest BCUT2D eigenvalue weighted by Gasteiger charge is 2.58. The zero-order valence-corrected chi connectivity index (χ0v) is 25.2. The molecule has 1 N–H and O–H groups in total. The first-order valence-corrected chi connectivity index (χ1v) is 15.2. The predicted molar refractivity (Wildman–Crippen MR) is 142 cm³/mol. The highest BCUT2D eigenvalue weighted by molar-refractivity contribution is 9.10. The SMILES string of the molecule is C[C@H](Oc1ccc(S(=O)(=O)C2CC(C(=O)O)N(C(=O)C3(c4ncc(Br)cc4F)CN(CC(F)F)C3)C2)c(Cl)c1)C(F)(F)F. The maximum Gasteiger partial charge on any atom is 0.425 e. The molecule has 1 aromatic heterocycles. The smallest absolute Gasteiger partial charge is 0.425 e. The molecule has 2 unspecified atom stereocenters. The molecule has 43 heavy (non-hydrogen) atoms. The number of carbonyl (C=O) groups excluding carboxylic acids is 1. The lowest BCUT2D eigenvalue weighted by molar-refractivity contribution is -0.189. The normalized spacial score (nSPS) is 21.5. The van der Waals surface area contributed by atoms with Crippen LogP contribution in [0, 0.1) is 5.82 Å². The standard InChI is InChI=1S/C25H23BrClF6N3O6S/c1-12(25(31,32)33)42-14-2-3-19(16(27)5-14)43(40,41)15-6-18(22(37)38)36(8-15)23(39)24(10-35(11-24)9-20(29)30)21-17(28)4-13(26)7-34-21/h2-5,7,12,15,18,20H,6,8-11H2,1H3,(H,37,38)/t12-,15?,18?/m0/s1. The second kappa shape index (κ2) is 12.0. The Labute approximate surface area is 254 Å². The van der Waals surface area contributed by atoms with E-state index in [1.165, 1.54) is 6.20 Å². The molecule has 0 radical (unpaired) electrons. The average Bonchev–Trinajstić information content (AvgIpc) is 3.32. The van der Waals surface area contributed by atoms with Gasteiger partial charge in [-0.25, -0.2) is 26.4 Å². The van der Waals surface area contributed by atoms with Crippen LogP contribution in [0.15, 0.2) is 39.8 Å². The third-order valence-electron chi connectivity index (χ3n) is 7.28. The molecule has 9 nitrogen and oxygen atoms in total. The molecule has 0 saturated carbocycles. The van der Waals surface area contributed by atoms with Gasteiger partial charge in [0.05, 0.1) is 27.4 Å². The van der Waals surface area contributed by atoms with Crippen LogP contribution in [0.1, 0.15) is 19.0 Å². The van der Waals surface area contributed by atoms with E-state index in [2.05, 4.69) is 20.9 Å². The third-order valence-corrected chi connectivity index (χ3v) is 10.3. The van der Waals surface area contributed by atoms with Gasteiger partial charge >= 0.3 is 12.1 Å². The predicted octanol–water partition coefficient (Wildman–Crippen LogP) is 4.31. The number of sulfone groups is 1. The fourth-order valence-corrected chi connectivity index (χ4v) is 7.72. The molecule has 236 valence electrons. The van der Waals surface area contributed by atoms with Crippen LogP contribution < -0.4 is 4.74 Å². The number of amides is 1. The molecule has 3 atom stereocenters. The number of pyridine rings is 1. The average molecular weight is 723 g/mol. The molecule has 0 spiro atoms. The number of carboxylic acids is 1. The van der Waals surface area contributed by atoms with Gasteiger partial charge in [-0.1, -0.05) is 11.6 Å². The Hall–Kier alpha value is -2.63. The van der Waals surface area contributed by atoms with E-state index in [0.29, 0.717) is 0 Å². The summed E-state index contributed by atoms with van der Waals surface area (Å²) in [5.74, 6) is -3.90. The number of halogens is 8. The molecule has 4 rings (SSSR count). The van der Waals surface area contributed by atoms with Crippen molar-refractivity contribution in [3.05, 3.63) is 51.5 Å². The number of rotatable bonds is 9. The molecule has 2 fully saturated rings. The molecule has 3 heterocycles. The van der Waals surface area contributed by atoms with E-state index >= 15 is 4.39 Å². The van der Waals surface area contributed by atoms with Gasteiger partial charge in [0.1, 0.15) is 23.0 Å². The number of aliphatic carboxylic acids is 1. The molecule has 0 bridgehead atoms. The van der Waals surface area contributed by atoms with Gasteiger partial charge in [0, 0.05) is 36.4 Å². The Morgan fingerprint density at radius 2 is 1.91 bits per heavy atom. The number of carboxylic acid groups (broad SMARTS) is 1. The van der Waals surface area contributed by atoms with Crippen LogP contribution in [0.25, 0.3) is 0 Å². The van der Waals surface area contributed by atoms with E-state index in [1.54, 1.807) is 0 Å². The van der Waals surface area contributed by atoms with Crippen molar-refractivity contribution >= 4 is 49.2 Å². The highest BCUT2D eigenvalue weighted by atomic mass is 79.9. The van der Waals surface area contributed by atoms with E-state index in [4.69, 9.17) is 16.3 Å². The summed E-state index contributed by atoms with van der Waals surface area (Å²) < 4.78 is 112. The first-order chi connectivity index (χ1) is 19.9. The van der Waals surface area contributed by atoms with Gasteiger partial charge in [-0.2, -0.15) is 13.2 Å². The summed E-state index contributed by atoms with van der Waals surface area (Å²) in [6, 6.07) is 2.04. The molecular formula is C25H23BrClF6N3O6S. The molecule has 0 aliphatic carbocycles. The lowest BCUT2D eigenvalue weighted by Crippen LogP contribution is -2.68. The summed E-state index contributed by atoms with van der Waals surface area (Å²) in [6.45, 7) is -1.53. The number of hydrogen-bond acceptors (Lipinski definition) is 7. The van der Waals surface area contributed by atoms with E-state index in [-0.39, 0.29) is 10.2 Å². The number of aromatic nitrogens is 1. The van der Waals surface area contributed by atoms with E-state index in [1.807, 2.05) is 0 Å². The van der Waals surface area contributed by atoms with E-state index in [0.717, 1.165) is 41.0 Å². The van der Waals surface area contributed by atoms with Crippen LogP contribution in [0.5, 0.6) is 5.75 Å². The minimum Gasteiger partial charge on any atom is -0.481 e. The second-order valence-corrected chi connectivity index (χ2v) is 13.8. The van der Waals surface area contributed by atoms with Gasteiger partial charge < -0.3 is 14.7 Å². The highest BCUT2D eigenvalue weighted by Crippen LogP contribution is 2.41. The lowest BCUT2D eigenvalue weighted by atomic mass is 9.74. The van der Waals surface area contributed by atoms with Crippen molar-refractivity contribution in [2.45, 2.75) is 53.7 Å². The fraction of sp³-hybridized carbons (Fsp3) is 0.480. The van der Waals surface area contributed by atoms with Gasteiger partial charge in [0.25, 0.3) is 6.43 Å². The second-order valence-electron chi connectivity index (χ2n) is 10.2.